The summed E-state index contributed by atoms with van der Waals surface area (Å²) in [6.07, 6.45) is 6.77. The molecule has 0 amide bonds. The Morgan fingerprint density at radius 1 is 1.25 bits per heavy atom. The average Bonchev–Trinajstić information content (AvgIpc) is 3.07. The molecule has 2 N–H and O–H groups in total. The Kier molecular flexibility index (Phi) is 5.00. The molecular formula is C19H25N3O2. The monoisotopic (exact) mass is 327 g/mol. The zero-order valence-electron chi connectivity index (χ0n) is 14.4. The summed E-state index contributed by atoms with van der Waals surface area (Å²) in [5.74, 6) is 0.987. The van der Waals surface area contributed by atoms with Crippen molar-refractivity contribution < 1.29 is 4.74 Å². The molecule has 5 nitrogen and oxygen atoms in total. The van der Waals surface area contributed by atoms with Crippen LogP contribution in [0.1, 0.15) is 42.6 Å². The van der Waals surface area contributed by atoms with Crippen LogP contribution >= 0.6 is 0 Å². The summed E-state index contributed by atoms with van der Waals surface area (Å²) in [6.45, 7) is 2.96. The molecule has 3 rings (SSSR count). The molecule has 1 aliphatic carbocycles. The van der Waals surface area contributed by atoms with Crippen molar-refractivity contribution in [1.29, 1.82) is 0 Å². The summed E-state index contributed by atoms with van der Waals surface area (Å²) in [5.41, 5.74) is 2.15. The van der Waals surface area contributed by atoms with Crippen LogP contribution in [0.4, 0.5) is 0 Å². The Hall–Kier alpha value is -2.14. The number of aromatic amines is 1. The number of hydrogen-bond acceptors (Lipinski definition) is 4. The van der Waals surface area contributed by atoms with Crippen LogP contribution in [-0.2, 0) is 12.0 Å². The van der Waals surface area contributed by atoms with Gasteiger partial charge in [-0.2, -0.15) is 0 Å². The Morgan fingerprint density at radius 3 is 2.58 bits per heavy atom. The fourth-order valence-electron chi connectivity index (χ4n) is 3.45. The van der Waals surface area contributed by atoms with Crippen molar-refractivity contribution in [2.24, 2.45) is 0 Å². The maximum atomic E-state index is 12.0. The molecule has 0 atom stereocenters. The Bertz CT molecular complexity index is 731. The lowest BCUT2D eigenvalue weighted by Crippen LogP contribution is -2.43. The molecule has 1 aromatic carbocycles. The highest BCUT2D eigenvalue weighted by molar-refractivity contribution is 5.22. The summed E-state index contributed by atoms with van der Waals surface area (Å²) < 4.78 is 5.02. The van der Waals surface area contributed by atoms with E-state index in [9.17, 15) is 4.79 Å². The number of aromatic nitrogens is 2. The van der Waals surface area contributed by atoms with E-state index in [1.807, 2.05) is 0 Å². The van der Waals surface area contributed by atoms with Crippen molar-refractivity contribution in [2.75, 3.05) is 13.7 Å². The third-order valence-electron chi connectivity index (χ3n) is 4.89. The molecule has 24 heavy (non-hydrogen) atoms. The van der Waals surface area contributed by atoms with Gasteiger partial charge in [0.15, 0.2) is 0 Å². The lowest BCUT2D eigenvalue weighted by molar-refractivity contribution is 0.320. The molecule has 1 heterocycles. The van der Waals surface area contributed by atoms with E-state index < -0.39 is 0 Å². The van der Waals surface area contributed by atoms with E-state index in [1.54, 1.807) is 0 Å². The minimum absolute atomic E-state index is 0.214. The van der Waals surface area contributed by atoms with Gasteiger partial charge >= 0.3 is 0 Å². The second kappa shape index (κ2) is 7.18. The van der Waals surface area contributed by atoms with E-state index in [0.717, 1.165) is 44.5 Å². The lowest BCUT2D eigenvalue weighted by Gasteiger charge is -2.29. The molecule has 2 aromatic rings. The second-order valence-corrected chi connectivity index (χ2v) is 6.58. The number of hydrogen-bond donors (Lipinski definition) is 2. The topological polar surface area (TPSA) is 67.0 Å². The molecular weight excluding hydrogens is 302 g/mol. The van der Waals surface area contributed by atoms with Crippen LogP contribution in [0.2, 0.25) is 0 Å². The molecule has 1 fully saturated rings. The van der Waals surface area contributed by atoms with E-state index in [0.29, 0.717) is 0 Å². The highest BCUT2D eigenvalue weighted by Crippen LogP contribution is 2.36. The number of benzene rings is 1. The maximum Gasteiger partial charge on any atom is 0.293 e. The zero-order chi connectivity index (χ0) is 17.0. The summed E-state index contributed by atoms with van der Waals surface area (Å²) in [5, 5.41) is 3.67. The van der Waals surface area contributed by atoms with Gasteiger partial charge in [-0.25, -0.2) is 4.98 Å². The minimum Gasteiger partial charge on any atom is -0.490 e. The van der Waals surface area contributed by atoms with E-state index in [1.165, 1.54) is 24.4 Å². The summed E-state index contributed by atoms with van der Waals surface area (Å²) in [7, 11) is 1.48. The van der Waals surface area contributed by atoms with Crippen LogP contribution in [0.15, 0.2) is 35.3 Å². The smallest absolute Gasteiger partial charge is 0.293 e. The van der Waals surface area contributed by atoms with Crippen LogP contribution in [-0.4, -0.2) is 23.6 Å². The lowest BCUT2D eigenvalue weighted by atomic mass is 9.95. The highest BCUT2D eigenvalue weighted by atomic mass is 16.5. The first-order chi connectivity index (χ1) is 11.6. The predicted molar refractivity (Wildman–Crippen MR) is 94.4 cm³/mol. The molecule has 0 spiro atoms. The van der Waals surface area contributed by atoms with Crippen molar-refractivity contribution in [1.82, 2.24) is 15.3 Å². The summed E-state index contributed by atoms with van der Waals surface area (Å²) in [4.78, 5) is 19.4. The van der Waals surface area contributed by atoms with Crippen molar-refractivity contribution in [3.05, 3.63) is 57.8 Å². The van der Waals surface area contributed by atoms with Crippen molar-refractivity contribution in [3.8, 4) is 5.75 Å². The number of aryl methyl sites for hydroxylation is 1. The van der Waals surface area contributed by atoms with Gasteiger partial charge in [0.1, 0.15) is 5.82 Å². The summed E-state index contributed by atoms with van der Waals surface area (Å²) >= 11 is 0. The fraction of sp³-hybridized carbons (Fsp3) is 0.474. The van der Waals surface area contributed by atoms with Gasteiger partial charge in [-0.05, 0) is 31.7 Å². The van der Waals surface area contributed by atoms with Gasteiger partial charge in [-0.15, -0.1) is 0 Å². The zero-order valence-corrected chi connectivity index (χ0v) is 14.4. The molecule has 0 radical (unpaired) electrons. The Morgan fingerprint density at radius 2 is 1.96 bits per heavy atom. The molecule has 5 heteroatoms. The quantitative estimate of drug-likeness (QED) is 0.856. The number of ether oxygens (including phenoxy) is 1. The second-order valence-electron chi connectivity index (χ2n) is 6.58. The highest BCUT2D eigenvalue weighted by Gasteiger charge is 2.37. The maximum absolute atomic E-state index is 12.0. The van der Waals surface area contributed by atoms with E-state index in [2.05, 4.69) is 46.5 Å². The number of nitrogens with one attached hydrogen (secondary N) is 2. The van der Waals surface area contributed by atoms with Crippen LogP contribution in [0.3, 0.4) is 0 Å². The molecule has 1 aliphatic rings. The molecule has 128 valence electrons. The molecule has 0 saturated heterocycles. The van der Waals surface area contributed by atoms with Crippen molar-refractivity contribution in [3.63, 3.8) is 0 Å². The third-order valence-corrected chi connectivity index (χ3v) is 4.89. The standard InChI is InChI=1S/C19H25N3O2/c1-14-5-7-15(8-6-14)9-12-21-19(10-3-4-11-19)18-20-13-16(24-2)17(23)22-18/h5-8,13,21H,3-4,9-12H2,1-2H3,(H,20,22,23). The van der Waals surface area contributed by atoms with Crippen LogP contribution in [0.25, 0.3) is 0 Å². The number of methoxy groups -OCH3 is 1. The van der Waals surface area contributed by atoms with Gasteiger partial charge in [0.05, 0.1) is 18.8 Å². The SMILES string of the molecule is COc1cnc(C2(NCCc3ccc(C)cc3)CCCC2)[nH]c1=O. The minimum atomic E-state index is -0.226. The van der Waals surface area contributed by atoms with Gasteiger partial charge in [-0.1, -0.05) is 42.7 Å². The van der Waals surface area contributed by atoms with E-state index in [-0.39, 0.29) is 16.8 Å². The number of nitrogens with zero attached hydrogens (tertiary/aromatic N) is 1. The Labute approximate surface area is 142 Å². The van der Waals surface area contributed by atoms with Crippen LogP contribution < -0.4 is 15.6 Å². The first-order valence-electron chi connectivity index (χ1n) is 8.57. The van der Waals surface area contributed by atoms with Gasteiger partial charge in [0.25, 0.3) is 5.56 Å². The largest absolute Gasteiger partial charge is 0.490 e. The van der Waals surface area contributed by atoms with E-state index >= 15 is 0 Å². The van der Waals surface area contributed by atoms with Crippen LogP contribution in [0, 0.1) is 6.92 Å². The van der Waals surface area contributed by atoms with Crippen molar-refractivity contribution >= 4 is 0 Å². The number of H-pyrrole nitrogens is 1. The van der Waals surface area contributed by atoms with E-state index in [4.69, 9.17) is 4.74 Å². The molecule has 0 aliphatic heterocycles. The molecule has 1 aromatic heterocycles. The first kappa shape index (κ1) is 16.7. The third kappa shape index (κ3) is 3.51. The average molecular weight is 327 g/mol. The summed E-state index contributed by atoms with van der Waals surface area (Å²) in [6, 6.07) is 8.63. The van der Waals surface area contributed by atoms with Crippen LogP contribution in [0.5, 0.6) is 5.75 Å². The van der Waals surface area contributed by atoms with Gasteiger partial charge in [0.2, 0.25) is 5.75 Å². The number of rotatable bonds is 6. The van der Waals surface area contributed by atoms with Gasteiger partial charge < -0.3 is 15.0 Å². The molecule has 1 saturated carbocycles. The van der Waals surface area contributed by atoms with Gasteiger partial charge in [0, 0.05) is 6.54 Å². The molecule has 0 unspecified atom stereocenters. The first-order valence-corrected chi connectivity index (χ1v) is 8.57. The van der Waals surface area contributed by atoms with Crippen molar-refractivity contribution in [2.45, 2.75) is 44.6 Å². The van der Waals surface area contributed by atoms with Gasteiger partial charge in [-0.3, -0.25) is 4.79 Å². The Balaban J connectivity index is 1.72. The fourth-order valence-corrected chi connectivity index (χ4v) is 3.45. The predicted octanol–water partition coefficient (Wildman–Crippen LogP) is 2.69. The molecule has 0 bridgehead atoms. The normalized spacial score (nSPS) is 16.2.